The van der Waals surface area contributed by atoms with Crippen LogP contribution in [0, 0.1) is 5.92 Å². The normalized spacial score (nSPS) is 25.9. The van der Waals surface area contributed by atoms with Gasteiger partial charge in [0.05, 0.1) is 7.11 Å². The van der Waals surface area contributed by atoms with Gasteiger partial charge in [0.2, 0.25) is 0 Å². The van der Waals surface area contributed by atoms with Crippen molar-refractivity contribution in [2.45, 2.75) is 51.0 Å². The second-order valence-electron chi connectivity index (χ2n) is 5.95. The minimum atomic E-state index is -0.851. The standard InChI is InChI=1S/C17H25NO3/c1-3-13-6-5-10-17(11-9-13,16(19)20)18-14-7-4-8-15(12-14)21-2/h4,7-8,12-13,18H,3,5-6,9-11H2,1-2H3,(H,19,20). The fraction of sp³-hybridized carbons (Fsp3) is 0.588. The molecule has 2 N–H and O–H groups in total. The summed E-state index contributed by atoms with van der Waals surface area (Å²) in [6, 6.07) is 7.49. The lowest BCUT2D eigenvalue weighted by molar-refractivity contribution is -0.142. The van der Waals surface area contributed by atoms with Crippen LogP contribution in [0.5, 0.6) is 5.75 Å². The third-order valence-corrected chi connectivity index (χ3v) is 4.64. The molecule has 4 heteroatoms. The summed E-state index contributed by atoms with van der Waals surface area (Å²) in [4.78, 5) is 11.9. The molecule has 0 aliphatic heterocycles. The monoisotopic (exact) mass is 291 g/mol. The molecule has 0 saturated heterocycles. The number of nitrogens with one attached hydrogen (secondary N) is 1. The number of carboxylic acids is 1. The summed E-state index contributed by atoms with van der Waals surface area (Å²) in [5.41, 5.74) is -0.0392. The summed E-state index contributed by atoms with van der Waals surface area (Å²) < 4.78 is 5.21. The van der Waals surface area contributed by atoms with Gasteiger partial charge in [0.25, 0.3) is 0 Å². The Labute approximate surface area is 126 Å². The van der Waals surface area contributed by atoms with Crippen LogP contribution in [0.2, 0.25) is 0 Å². The van der Waals surface area contributed by atoms with Crippen molar-refractivity contribution in [1.29, 1.82) is 0 Å². The number of methoxy groups -OCH3 is 1. The molecule has 0 heterocycles. The smallest absolute Gasteiger partial charge is 0.329 e. The Morgan fingerprint density at radius 3 is 2.90 bits per heavy atom. The molecule has 2 unspecified atom stereocenters. The van der Waals surface area contributed by atoms with Crippen LogP contribution in [-0.2, 0) is 4.79 Å². The van der Waals surface area contributed by atoms with Gasteiger partial charge in [-0.1, -0.05) is 32.3 Å². The Hall–Kier alpha value is -1.71. The lowest BCUT2D eigenvalue weighted by Gasteiger charge is -2.30. The molecule has 1 aromatic carbocycles. The Bertz CT molecular complexity index is 489. The van der Waals surface area contributed by atoms with Crippen LogP contribution in [0.1, 0.15) is 45.4 Å². The molecule has 0 spiro atoms. The molecule has 21 heavy (non-hydrogen) atoms. The Morgan fingerprint density at radius 1 is 1.43 bits per heavy atom. The zero-order chi connectivity index (χ0) is 15.3. The van der Waals surface area contributed by atoms with Gasteiger partial charge in [-0.05, 0) is 37.3 Å². The highest BCUT2D eigenvalue weighted by Crippen LogP contribution is 2.35. The average molecular weight is 291 g/mol. The molecule has 1 fully saturated rings. The van der Waals surface area contributed by atoms with Gasteiger partial charge >= 0.3 is 5.97 Å². The molecule has 4 nitrogen and oxygen atoms in total. The largest absolute Gasteiger partial charge is 0.497 e. The second kappa shape index (κ2) is 6.83. The van der Waals surface area contributed by atoms with Gasteiger partial charge in [0, 0.05) is 11.8 Å². The van der Waals surface area contributed by atoms with E-state index in [0.717, 1.165) is 37.1 Å². The molecule has 0 radical (unpaired) electrons. The summed E-state index contributed by atoms with van der Waals surface area (Å²) in [6.07, 6.45) is 5.55. The molecule has 116 valence electrons. The van der Waals surface area contributed by atoms with Crippen LogP contribution in [0.3, 0.4) is 0 Å². The molecular formula is C17H25NO3. The zero-order valence-corrected chi connectivity index (χ0v) is 12.9. The van der Waals surface area contributed by atoms with Gasteiger partial charge < -0.3 is 15.2 Å². The van der Waals surface area contributed by atoms with Crippen molar-refractivity contribution in [3.63, 3.8) is 0 Å². The first kappa shape index (κ1) is 15.7. The first-order chi connectivity index (χ1) is 10.1. The van der Waals surface area contributed by atoms with E-state index < -0.39 is 11.5 Å². The van der Waals surface area contributed by atoms with Gasteiger partial charge in [0.15, 0.2) is 0 Å². The Morgan fingerprint density at radius 2 is 2.24 bits per heavy atom. The highest BCUT2D eigenvalue weighted by Gasteiger charge is 2.40. The number of anilines is 1. The molecule has 0 amide bonds. The number of benzene rings is 1. The maximum Gasteiger partial charge on any atom is 0.329 e. The molecule has 1 aromatic rings. The number of ether oxygens (including phenoxy) is 1. The number of rotatable bonds is 5. The van der Waals surface area contributed by atoms with Gasteiger partial charge in [-0.15, -0.1) is 0 Å². The van der Waals surface area contributed by atoms with Gasteiger partial charge in [-0.25, -0.2) is 4.79 Å². The summed E-state index contributed by atoms with van der Waals surface area (Å²) >= 11 is 0. The number of hydrogen-bond acceptors (Lipinski definition) is 3. The van der Waals surface area contributed by atoms with Crippen LogP contribution in [0.4, 0.5) is 5.69 Å². The lowest BCUT2D eigenvalue weighted by Crippen LogP contribution is -2.46. The third kappa shape index (κ3) is 3.69. The van der Waals surface area contributed by atoms with Gasteiger partial charge in [0.1, 0.15) is 11.3 Å². The van der Waals surface area contributed by atoms with Crippen LogP contribution >= 0.6 is 0 Å². The summed E-state index contributed by atoms with van der Waals surface area (Å²) in [5.74, 6) is 0.640. The highest BCUT2D eigenvalue weighted by atomic mass is 16.5. The summed E-state index contributed by atoms with van der Waals surface area (Å²) in [6.45, 7) is 2.19. The van der Waals surface area contributed by atoms with Crippen LogP contribution in [0.15, 0.2) is 24.3 Å². The quantitative estimate of drug-likeness (QED) is 0.807. The molecular weight excluding hydrogens is 266 g/mol. The molecule has 2 atom stereocenters. The van der Waals surface area contributed by atoms with Crippen molar-refractivity contribution >= 4 is 11.7 Å². The average Bonchev–Trinajstić information content (AvgIpc) is 2.70. The SMILES string of the molecule is CCC1CCCC(Nc2cccc(OC)c2)(C(=O)O)CC1. The van der Waals surface area contributed by atoms with Crippen molar-refractivity contribution in [2.24, 2.45) is 5.92 Å². The maximum absolute atomic E-state index is 11.9. The zero-order valence-electron chi connectivity index (χ0n) is 12.9. The van der Waals surface area contributed by atoms with Crippen molar-refractivity contribution in [3.8, 4) is 5.75 Å². The van der Waals surface area contributed by atoms with E-state index in [1.165, 1.54) is 0 Å². The number of aliphatic carboxylic acids is 1. The van der Waals surface area contributed by atoms with E-state index in [9.17, 15) is 9.90 Å². The summed E-state index contributed by atoms with van der Waals surface area (Å²) in [5, 5.41) is 13.0. The third-order valence-electron chi connectivity index (χ3n) is 4.64. The van der Waals surface area contributed by atoms with Crippen molar-refractivity contribution in [2.75, 3.05) is 12.4 Å². The molecule has 1 saturated carbocycles. The van der Waals surface area contributed by atoms with Crippen LogP contribution in [-0.4, -0.2) is 23.7 Å². The minimum absolute atomic E-state index is 0.651. The van der Waals surface area contributed by atoms with E-state index in [2.05, 4.69) is 12.2 Å². The molecule has 0 bridgehead atoms. The Balaban J connectivity index is 2.19. The predicted molar refractivity (Wildman–Crippen MR) is 83.8 cm³/mol. The summed E-state index contributed by atoms with van der Waals surface area (Å²) in [7, 11) is 1.61. The van der Waals surface area contributed by atoms with E-state index in [4.69, 9.17) is 4.74 Å². The molecule has 2 rings (SSSR count). The van der Waals surface area contributed by atoms with E-state index in [1.54, 1.807) is 7.11 Å². The predicted octanol–water partition coefficient (Wildman–Crippen LogP) is 3.92. The fourth-order valence-corrected chi connectivity index (χ4v) is 3.19. The Kier molecular flexibility index (Phi) is 5.10. The van der Waals surface area contributed by atoms with E-state index in [-0.39, 0.29) is 0 Å². The topological polar surface area (TPSA) is 58.6 Å². The first-order valence-electron chi connectivity index (χ1n) is 7.75. The van der Waals surface area contributed by atoms with Gasteiger partial charge in [-0.3, -0.25) is 0 Å². The fourth-order valence-electron chi connectivity index (χ4n) is 3.19. The molecule has 0 aromatic heterocycles. The lowest BCUT2D eigenvalue weighted by atomic mass is 9.89. The second-order valence-corrected chi connectivity index (χ2v) is 5.95. The van der Waals surface area contributed by atoms with Crippen molar-refractivity contribution in [1.82, 2.24) is 0 Å². The first-order valence-corrected chi connectivity index (χ1v) is 7.75. The minimum Gasteiger partial charge on any atom is -0.497 e. The van der Waals surface area contributed by atoms with Crippen LogP contribution in [0.25, 0.3) is 0 Å². The number of hydrogen-bond donors (Lipinski definition) is 2. The highest BCUT2D eigenvalue weighted by molar-refractivity contribution is 5.83. The maximum atomic E-state index is 11.9. The van der Waals surface area contributed by atoms with E-state index in [1.807, 2.05) is 24.3 Å². The number of carboxylic acid groups (broad SMARTS) is 1. The van der Waals surface area contributed by atoms with Gasteiger partial charge in [-0.2, -0.15) is 0 Å². The molecule has 1 aliphatic rings. The van der Waals surface area contributed by atoms with Crippen LogP contribution < -0.4 is 10.1 Å². The van der Waals surface area contributed by atoms with Crippen molar-refractivity contribution in [3.05, 3.63) is 24.3 Å². The van der Waals surface area contributed by atoms with Crippen molar-refractivity contribution < 1.29 is 14.6 Å². The van der Waals surface area contributed by atoms with E-state index >= 15 is 0 Å². The molecule has 1 aliphatic carbocycles. The number of carbonyl (C=O) groups is 1. The van der Waals surface area contributed by atoms with E-state index in [0.29, 0.717) is 18.8 Å².